The van der Waals surface area contributed by atoms with E-state index in [0.29, 0.717) is 21.7 Å². The lowest BCUT2D eigenvalue weighted by Gasteiger charge is -2.12. The Morgan fingerprint density at radius 2 is 1.80 bits per heavy atom. The molecule has 30 heavy (non-hydrogen) atoms. The monoisotopic (exact) mass is 402 g/mol. The highest BCUT2D eigenvalue weighted by atomic mass is 16.5. The first-order valence-corrected chi connectivity index (χ1v) is 9.51. The number of carbonyl (C=O) groups is 2. The van der Waals surface area contributed by atoms with Gasteiger partial charge in [-0.15, -0.1) is 0 Å². The average molecular weight is 402 g/mol. The van der Waals surface area contributed by atoms with E-state index in [0.717, 1.165) is 16.7 Å². The molecule has 0 saturated carbocycles. The lowest BCUT2D eigenvalue weighted by atomic mass is 9.94. The number of Topliss-reactive ketones (excluding diaryl/α,β-unsaturated/α-hetero) is 1. The Labute approximate surface area is 175 Å². The maximum Gasteiger partial charge on any atom is 0.411 e. The minimum absolute atomic E-state index is 0.110. The number of benzene rings is 3. The summed E-state index contributed by atoms with van der Waals surface area (Å²) in [5.74, 6) is -0.110. The van der Waals surface area contributed by atoms with Crippen LogP contribution in [-0.2, 0) is 11.2 Å². The van der Waals surface area contributed by atoms with Crippen LogP contribution in [0.15, 0.2) is 72.8 Å². The van der Waals surface area contributed by atoms with Gasteiger partial charge in [-0.25, -0.2) is 4.79 Å². The fourth-order valence-electron chi connectivity index (χ4n) is 3.09. The maximum atomic E-state index is 13.0. The molecule has 0 saturated heterocycles. The molecule has 3 aromatic rings. The van der Waals surface area contributed by atoms with Crippen molar-refractivity contribution in [2.75, 3.05) is 11.9 Å². The number of anilines is 1. The molecule has 152 valence electrons. The maximum absolute atomic E-state index is 13.0. The second-order valence-corrected chi connectivity index (χ2v) is 6.61. The van der Waals surface area contributed by atoms with Gasteiger partial charge >= 0.3 is 6.09 Å². The number of rotatable bonds is 7. The van der Waals surface area contributed by atoms with Crippen molar-refractivity contribution in [3.63, 3.8) is 0 Å². The first-order chi connectivity index (χ1) is 14.5. The third-order valence-electron chi connectivity index (χ3n) is 4.52. The molecular formula is C24H22N2O4. The zero-order valence-electron chi connectivity index (χ0n) is 16.6. The van der Waals surface area contributed by atoms with Crippen molar-refractivity contribution in [2.45, 2.75) is 13.3 Å². The van der Waals surface area contributed by atoms with Gasteiger partial charge in [-0.3, -0.25) is 10.1 Å². The topological polar surface area (TPSA) is 81.5 Å². The Morgan fingerprint density at radius 3 is 2.50 bits per heavy atom. The quantitative estimate of drug-likeness (QED) is 0.194. The van der Waals surface area contributed by atoms with E-state index in [9.17, 15) is 14.8 Å². The smallest absolute Gasteiger partial charge is 0.411 e. The Hall–Kier alpha value is -3.93. The molecular weight excluding hydrogens is 380 g/mol. The second kappa shape index (κ2) is 9.52. The average Bonchev–Trinajstić information content (AvgIpc) is 2.74. The zero-order valence-corrected chi connectivity index (χ0v) is 16.6. The number of amides is 1. The van der Waals surface area contributed by atoms with Crippen LogP contribution in [0, 0.1) is 5.21 Å². The normalized spacial score (nSPS) is 10.3. The van der Waals surface area contributed by atoms with Crippen LogP contribution in [0.2, 0.25) is 0 Å². The summed E-state index contributed by atoms with van der Waals surface area (Å²) in [5.41, 5.74) is 3.85. The standard InChI is InChI=1S/C24H22N2O4/c1-3-30-24(28)25-20-11-7-10-19(14-20)23(27)15-18-12-13-21(26(2)29)16-22(18)17-8-5-4-6-9-17/h4-14,16H,2-3,15H2,1H3,(H,25,28). The third kappa shape index (κ3) is 5.11. The number of hydrogen-bond acceptors (Lipinski definition) is 4. The zero-order chi connectivity index (χ0) is 21.5. The number of nitrogens with one attached hydrogen (secondary N) is 1. The molecule has 0 aromatic heterocycles. The number of carbonyl (C=O) groups excluding carboxylic acids is 2. The van der Waals surface area contributed by atoms with Crippen molar-refractivity contribution >= 4 is 30.0 Å². The van der Waals surface area contributed by atoms with Gasteiger partial charge in [-0.1, -0.05) is 48.5 Å². The highest BCUT2D eigenvalue weighted by molar-refractivity contribution is 6.00. The van der Waals surface area contributed by atoms with Gasteiger partial charge in [-0.05, 0) is 35.7 Å². The summed E-state index contributed by atoms with van der Waals surface area (Å²) in [4.78, 5) is 24.6. The minimum Gasteiger partial charge on any atom is -0.619 e. The molecule has 0 aliphatic rings. The van der Waals surface area contributed by atoms with E-state index in [2.05, 4.69) is 12.0 Å². The van der Waals surface area contributed by atoms with Gasteiger partial charge in [0.15, 0.2) is 5.78 Å². The molecule has 0 atom stereocenters. The fraction of sp³-hybridized carbons (Fsp3) is 0.125. The Balaban J connectivity index is 1.88. The molecule has 0 bridgehead atoms. The van der Waals surface area contributed by atoms with Crippen molar-refractivity contribution in [2.24, 2.45) is 0 Å². The van der Waals surface area contributed by atoms with Gasteiger partial charge < -0.3 is 9.94 Å². The van der Waals surface area contributed by atoms with Crippen LogP contribution in [0.5, 0.6) is 0 Å². The Kier molecular flexibility index (Phi) is 6.60. The Morgan fingerprint density at radius 1 is 1.03 bits per heavy atom. The second-order valence-electron chi connectivity index (χ2n) is 6.61. The predicted octanol–water partition coefficient (Wildman–Crippen LogP) is 5.19. The van der Waals surface area contributed by atoms with Crippen molar-refractivity contribution in [3.05, 3.63) is 89.1 Å². The first kappa shape index (κ1) is 20.8. The lowest BCUT2D eigenvalue weighted by Crippen LogP contribution is -2.14. The number of nitrogens with zero attached hydrogens (tertiary/aromatic N) is 1. The van der Waals surface area contributed by atoms with Crippen LogP contribution in [0.4, 0.5) is 16.2 Å². The number of ketones is 1. The van der Waals surface area contributed by atoms with Crippen LogP contribution in [0.3, 0.4) is 0 Å². The summed E-state index contributed by atoms with van der Waals surface area (Å²) in [6.07, 6.45) is -0.428. The van der Waals surface area contributed by atoms with Gasteiger partial charge in [0.05, 0.1) is 6.61 Å². The van der Waals surface area contributed by atoms with Crippen molar-refractivity contribution in [1.82, 2.24) is 0 Å². The van der Waals surface area contributed by atoms with E-state index in [4.69, 9.17) is 4.74 Å². The summed E-state index contributed by atoms with van der Waals surface area (Å²) in [5, 5.41) is 14.2. The molecule has 0 aliphatic heterocycles. The van der Waals surface area contributed by atoms with Crippen molar-refractivity contribution < 1.29 is 19.1 Å². The largest absolute Gasteiger partial charge is 0.619 e. The first-order valence-electron chi connectivity index (χ1n) is 9.51. The number of ether oxygens (including phenoxy) is 1. The van der Waals surface area contributed by atoms with Crippen LogP contribution in [0.1, 0.15) is 22.8 Å². The summed E-state index contributed by atoms with van der Waals surface area (Å²) in [7, 11) is 0. The molecule has 3 rings (SSSR count). The van der Waals surface area contributed by atoms with E-state index in [-0.39, 0.29) is 18.8 Å². The highest BCUT2D eigenvalue weighted by Crippen LogP contribution is 2.29. The summed E-state index contributed by atoms with van der Waals surface area (Å²) in [6, 6.07) is 21.4. The van der Waals surface area contributed by atoms with Crippen LogP contribution in [0.25, 0.3) is 11.1 Å². The molecule has 0 radical (unpaired) electrons. The van der Waals surface area contributed by atoms with Crippen LogP contribution in [-0.4, -0.2) is 29.9 Å². The van der Waals surface area contributed by atoms with Gasteiger partial charge in [0.1, 0.15) is 6.72 Å². The van der Waals surface area contributed by atoms with Gasteiger partial charge in [0.25, 0.3) is 0 Å². The van der Waals surface area contributed by atoms with Crippen LogP contribution >= 0.6 is 0 Å². The van der Waals surface area contributed by atoms with Crippen LogP contribution < -0.4 is 5.32 Å². The summed E-state index contributed by atoms with van der Waals surface area (Å²) in [6.45, 7) is 5.37. The van der Waals surface area contributed by atoms with Gasteiger partial charge in [0, 0.05) is 29.8 Å². The molecule has 0 heterocycles. The predicted molar refractivity (Wildman–Crippen MR) is 117 cm³/mol. The van der Waals surface area contributed by atoms with Crippen molar-refractivity contribution in [1.29, 1.82) is 0 Å². The van der Waals surface area contributed by atoms with E-state index in [1.54, 1.807) is 49.4 Å². The molecule has 3 aromatic carbocycles. The third-order valence-corrected chi connectivity index (χ3v) is 4.52. The fourth-order valence-corrected chi connectivity index (χ4v) is 3.09. The van der Waals surface area contributed by atoms with E-state index < -0.39 is 6.09 Å². The molecule has 0 spiro atoms. The SMILES string of the molecule is C=[N+]([O-])c1ccc(CC(=O)c2cccc(NC(=O)OCC)c2)c(-c2ccccc2)c1. The Bertz CT molecular complexity index is 1080. The van der Waals surface area contributed by atoms with E-state index in [1.165, 1.54) is 0 Å². The van der Waals surface area contributed by atoms with Gasteiger partial charge in [-0.2, -0.15) is 4.74 Å². The number of hydrogen-bond donors (Lipinski definition) is 1. The molecule has 0 unspecified atom stereocenters. The highest BCUT2D eigenvalue weighted by Gasteiger charge is 2.15. The molecule has 6 nitrogen and oxygen atoms in total. The minimum atomic E-state index is -0.570. The van der Waals surface area contributed by atoms with Gasteiger partial charge in [0.2, 0.25) is 5.69 Å². The molecule has 1 amide bonds. The summed E-state index contributed by atoms with van der Waals surface area (Å²) < 4.78 is 5.41. The molecule has 1 N–H and O–H groups in total. The molecule has 6 heteroatoms. The van der Waals surface area contributed by atoms with E-state index >= 15 is 0 Å². The molecule has 0 aliphatic carbocycles. The van der Waals surface area contributed by atoms with Crippen molar-refractivity contribution in [3.8, 4) is 11.1 Å². The molecule has 0 fully saturated rings. The summed E-state index contributed by atoms with van der Waals surface area (Å²) >= 11 is 0. The lowest BCUT2D eigenvalue weighted by molar-refractivity contribution is -0.349. The van der Waals surface area contributed by atoms with E-state index in [1.807, 2.05) is 30.3 Å².